The molecule has 1 aliphatic carbocycles. The van der Waals surface area contributed by atoms with Crippen LogP contribution in [-0.4, -0.2) is 11.1 Å². The maximum Gasteiger partial charge on any atom is 0.314 e. The number of benzene rings is 1. The van der Waals surface area contributed by atoms with Gasteiger partial charge in [0.05, 0.1) is 5.41 Å². The third-order valence-electron chi connectivity index (χ3n) is 3.71. The number of halogens is 1. The Morgan fingerprint density at radius 3 is 2.41 bits per heavy atom. The summed E-state index contributed by atoms with van der Waals surface area (Å²) in [5.41, 5.74) is 1.18. The van der Waals surface area contributed by atoms with Gasteiger partial charge in [0.1, 0.15) is 0 Å². The maximum absolute atomic E-state index is 11.7. The topological polar surface area (TPSA) is 37.3 Å². The van der Waals surface area contributed by atoms with Crippen LogP contribution >= 0.6 is 11.6 Å². The number of carboxylic acids is 1. The minimum atomic E-state index is -0.714. The first-order valence-corrected chi connectivity index (χ1v) is 6.43. The Morgan fingerprint density at radius 2 is 1.88 bits per heavy atom. The lowest BCUT2D eigenvalue weighted by molar-refractivity contribution is -0.145. The van der Waals surface area contributed by atoms with E-state index in [-0.39, 0.29) is 0 Å². The summed E-state index contributed by atoms with van der Waals surface area (Å²) in [7, 11) is 0. The molecule has 92 valence electrons. The Hall–Kier alpha value is -1.02. The molecular formula is C14H17ClO2. The van der Waals surface area contributed by atoms with Crippen molar-refractivity contribution in [3.63, 3.8) is 0 Å². The van der Waals surface area contributed by atoms with Gasteiger partial charge in [0.25, 0.3) is 0 Å². The Bertz CT molecular complexity index is 414. The molecule has 1 fully saturated rings. The number of carbonyl (C=O) groups is 1. The molecule has 0 saturated heterocycles. The maximum atomic E-state index is 11.7. The molecule has 2 rings (SSSR count). The van der Waals surface area contributed by atoms with Crippen LogP contribution in [0.15, 0.2) is 18.2 Å². The van der Waals surface area contributed by atoms with Crippen LogP contribution in [0.5, 0.6) is 0 Å². The highest BCUT2D eigenvalue weighted by atomic mass is 35.5. The lowest BCUT2D eigenvalue weighted by Gasteiger charge is -2.34. The van der Waals surface area contributed by atoms with E-state index >= 15 is 0 Å². The molecule has 0 atom stereocenters. The highest BCUT2D eigenvalue weighted by Crippen LogP contribution is 2.40. The van der Waals surface area contributed by atoms with E-state index in [9.17, 15) is 9.90 Å². The van der Waals surface area contributed by atoms with Crippen LogP contribution in [0.2, 0.25) is 5.02 Å². The molecule has 0 spiro atoms. The van der Waals surface area contributed by atoms with Gasteiger partial charge < -0.3 is 5.11 Å². The number of aliphatic carboxylic acids is 1. The quantitative estimate of drug-likeness (QED) is 0.866. The van der Waals surface area contributed by atoms with Crippen molar-refractivity contribution in [3.8, 4) is 0 Å². The lowest BCUT2D eigenvalue weighted by Crippen LogP contribution is -2.37. The number of aryl methyl sites for hydroxylation is 1. The summed E-state index contributed by atoms with van der Waals surface area (Å²) >= 11 is 6.04. The Morgan fingerprint density at radius 1 is 1.24 bits per heavy atom. The Balaban J connectivity index is 2.48. The van der Waals surface area contributed by atoms with Crippen LogP contribution in [0.1, 0.15) is 43.2 Å². The van der Waals surface area contributed by atoms with Crippen LogP contribution < -0.4 is 0 Å². The standard InChI is InChI=1S/C14H17ClO2/c1-10-7-11(9-12(15)8-10)14(13(16)17)5-3-2-4-6-14/h7-9H,2-6H2,1H3,(H,16,17). The second-order valence-electron chi connectivity index (χ2n) is 4.97. The molecule has 1 aliphatic rings. The summed E-state index contributed by atoms with van der Waals surface area (Å²) in [5.74, 6) is -0.709. The highest BCUT2D eigenvalue weighted by Gasteiger charge is 2.41. The zero-order valence-corrected chi connectivity index (χ0v) is 10.8. The van der Waals surface area contributed by atoms with Crippen LogP contribution in [0.3, 0.4) is 0 Å². The molecule has 1 aromatic carbocycles. The van der Waals surface area contributed by atoms with Gasteiger partial charge in [-0.2, -0.15) is 0 Å². The molecule has 1 N–H and O–H groups in total. The van der Waals surface area contributed by atoms with Gasteiger partial charge in [0, 0.05) is 5.02 Å². The van der Waals surface area contributed by atoms with Gasteiger partial charge in [-0.05, 0) is 43.0 Å². The average molecular weight is 253 g/mol. The summed E-state index contributed by atoms with van der Waals surface area (Å²) in [6.07, 6.45) is 4.55. The minimum Gasteiger partial charge on any atom is -0.481 e. The van der Waals surface area contributed by atoms with Crippen molar-refractivity contribution >= 4 is 17.6 Å². The van der Waals surface area contributed by atoms with Gasteiger partial charge in [0.15, 0.2) is 0 Å². The van der Waals surface area contributed by atoms with E-state index in [2.05, 4.69) is 0 Å². The van der Waals surface area contributed by atoms with Crippen molar-refractivity contribution < 1.29 is 9.90 Å². The molecule has 0 heterocycles. The van der Waals surface area contributed by atoms with Crippen molar-refractivity contribution in [1.82, 2.24) is 0 Å². The largest absolute Gasteiger partial charge is 0.481 e. The van der Waals surface area contributed by atoms with Crippen LogP contribution in [-0.2, 0) is 10.2 Å². The first kappa shape index (κ1) is 12.4. The Labute approximate surface area is 107 Å². The summed E-state index contributed by atoms with van der Waals surface area (Å²) in [5, 5.41) is 10.2. The lowest BCUT2D eigenvalue weighted by atomic mass is 9.69. The number of carboxylic acid groups (broad SMARTS) is 1. The molecule has 0 unspecified atom stereocenters. The van der Waals surface area contributed by atoms with Crippen LogP contribution in [0, 0.1) is 6.92 Å². The fourth-order valence-electron chi connectivity index (χ4n) is 2.79. The third kappa shape index (κ3) is 2.32. The molecule has 0 aromatic heterocycles. The van der Waals surface area contributed by atoms with Crippen molar-refractivity contribution in [2.45, 2.75) is 44.4 Å². The molecule has 0 aliphatic heterocycles. The molecule has 0 amide bonds. The Kier molecular flexibility index (Phi) is 3.43. The molecule has 1 aromatic rings. The third-order valence-corrected chi connectivity index (χ3v) is 3.93. The van der Waals surface area contributed by atoms with Crippen LogP contribution in [0.25, 0.3) is 0 Å². The first-order valence-electron chi connectivity index (χ1n) is 6.06. The molecule has 3 heteroatoms. The van der Waals surface area contributed by atoms with Crippen molar-refractivity contribution in [2.75, 3.05) is 0 Å². The van der Waals surface area contributed by atoms with E-state index in [1.54, 1.807) is 0 Å². The monoisotopic (exact) mass is 252 g/mol. The van der Waals surface area contributed by atoms with Gasteiger partial charge >= 0.3 is 5.97 Å². The van der Waals surface area contributed by atoms with Gasteiger partial charge in [-0.25, -0.2) is 0 Å². The zero-order chi connectivity index (χ0) is 12.5. The predicted molar refractivity (Wildman–Crippen MR) is 68.6 cm³/mol. The van der Waals surface area contributed by atoms with Crippen molar-refractivity contribution in [3.05, 3.63) is 34.3 Å². The number of hydrogen-bond donors (Lipinski definition) is 1. The van der Waals surface area contributed by atoms with Gasteiger partial charge in [-0.1, -0.05) is 36.9 Å². The van der Waals surface area contributed by atoms with E-state index in [1.165, 1.54) is 0 Å². The van der Waals surface area contributed by atoms with Crippen molar-refractivity contribution in [1.29, 1.82) is 0 Å². The average Bonchev–Trinajstić information content (AvgIpc) is 2.28. The normalized spacial score (nSPS) is 18.9. The van der Waals surface area contributed by atoms with Gasteiger partial charge in [-0.15, -0.1) is 0 Å². The fraction of sp³-hybridized carbons (Fsp3) is 0.500. The summed E-state index contributed by atoms with van der Waals surface area (Å²) in [6, 6.07) is 5.64. The molecule has 0 bridgehead atoms. The second kappa shape index (κ2) is 4.69. The molecular weight excluding hydrogens is 236 g/mol. The molecule has 17 heavy (non-hydrogen) atoms. The number of rotatable bonds is 2. The molecule has 1 saturated carbocycles. The van der Waals surface area contributed by atoms with Crippen LogP contribution in [0.4, 0.5) is 0 Å². The molecule has 2 nitrogen and oxygen atoms in total. The molecule has 0 radical (unpaired) electrons. The van der Waals surface area contributed by atoms with E-state index in [0.717, 1.165) is 43.2 Å². The summed E-state index contributed by atoms with van der Waals surface area (Å²) in [4.78, 5) is 11.7. The van der Waals surface area contributed by atoms with E-state index in [1.807, 2.05) is 25.1 Å². The minimum absolute atomic E-state index is 0.631. The predicted octanol–water partition coefficient (Wildman–Crippen LogP) is 3.93. The van der Waals surface area contributed by atoms with E-state index in [0.29, 0.717) is 5.02 Å². The van der Waals surface area contributed by atoms with E-state index in [4.69, 9.17) is 11.6 Å². The summed E-state index contributed by atoms with van der Waals surface area (Å²) < 4.78 is 0. The first-order chi connectivity index (χ1) is 8.04. The smallest absolute Gasteiger partial charge is 0.314 e. The highest BCUT2D eigenvalue weighted by molar-refractivity contribution is 6.30. The fourth-order valence-corrected chi connectivity index (χ4v) is 3.08. The van der Waals surface area contributed by atoms with Crippen molar-refractivity contribution in [2.24, 2.45) is 0 Å². The second-order valence-corrected chi connectivity index (χ2v) is 5.40. The van der Waals surface area contributed by atoms with E-state index < -0.39 is 11.4 Å². The SMILES string of the molecule is Cc1cc(Cl)cc(C2(C(=O)O)CCCCC2)c1. The van der Waals surface area contributed by atoms with Gasteiger partial charge in [0.2, 0.25) is 0 Å². The zero-order valence-electron chi connectivity index (χ0n) is 10.0. The van der Waals surface area contributed by atoms with Gasteiger partial charge in [-0.3, -0.25) is 4.79 Å². The summed E-state index contributed by atoms with van der Waals surface area (Å²) in [6.45, 7) is 1.95. The number of hydrogen-bond acceptors (Lipinski definition) is 1.